The highest BCUT2D eigenvalue weighted by molar-refractivity contribution is 7.15. The minimum atomic E-state index is 0.137. The van der Waals surface area contributed by atoms with Crippen LogP contribution in [0.25, 0.3) is 21.8 Å². The monoisotopic (exact) mass is 327 g/mol. The Hall–Kier alpha value is -1.97. The molecule has 0 radical (unpaired) electrons. The number of rotatable bonds is 4. The summed E-state index contributed by atoms with van der Waals surface area (Å²) in [5.74, 6) is 0.137. The van der Waals surface area contributed by atoms with E-state index in [9.17, 15) is 4.79 Å². The van der Waals surface area contributed by atoms with E-state index >= 15 is 0 Å². The van der Waals surface area contributed by atoms with Crippen molar-refractivity contribution in [2.24, 2.45) is 0 Å². The van der Waals surface area contributed by atoms with Gasteiger partial charge in [-0.15, -0.1) is 11.3 Å². The maximum absolute atomic E-state index is 11.6. The molecule has 2 nitrogen and oxygen atoms in total. The summed E-state index contributed by atoms with van der Waals surface area (Å²) >= 11 is 7.53. The van der Waals surface area contributed by atoms with E-state index in [0.29, 0.717) is 11.4 Å². The van der Waals surface area contributed by atoms with Gasteiger partial charge < -0.3 is 0 Å². The number of thiazole rings is 1. The molecule has 4 heteroatoms. The first-order valence-corrected chi connectivity index (χ1v) is 8.13. The molecule has 0 aliphatic carbocycles. The Morgan fingerprint density at radius 2 is 1.73 bits per heavy atom. The smallest absolute Gasteiger partial charge is 0.135 e. The third-order valence-corrected chi connectivity index (χ3v) is 4.60. The van der Waals surface area contributed by atoms with Crippen LogP contribution >= 0.6 is 22.9 Å². The minimum Gasteiger partial charge on any atom is -0.300 e. The highest BCUT2D eigenvalue weighted by Gasteiger charge is 2.15. The SMILES string of the molecule is CC(=O)Cc1sc(-c2ccccc2)nc1-c1ccc(Cl)cc1. The summed E-state index contributed by atoms with van der Waals surface area (Å²) < 4.78 is 0. The van der Waals surface area contributed by atoms with Crippen LogP contribution in [0.2, 0.25) is 5.02 Å². The third-order valence-electron chi connectivity index (χ3n) is 3.25. The molecular formula is C18H14ClNOS. The molecule has 2 aromatic carbocycles. The second-order valence-electron chi connectivity index (χ2n) is 5.04. The largest absolute Gasteiger partial charge is 0.300 e. The molecule has 22 heavy (non-hydrogen) atoms. The Kier molecular flexibility index (Phi) is 4.36. The normalized spacial score (nSPS) is 10.6. The van der Waals surface area contributed by atoms with E-state index in [1.165, 1.54) is 0 Å². The predicted octanol–water partition coefficient (Wildman–Crippen LogP) is 5.26. The van der Waals surface area contributed by atoms with Crippen molar-refractivity contribution in [3.63, 3.8) is 0 Å². The van der Waals surface area contributed by atoms with Gasteiger partial charge in [-0.1, -0.05) is 54.1 Å². The van der Waals surface area contributed by atoms with Gasteiger partial charge in [-0.25, -0.2) is 4.98 Å². The van der Waals surface area contributed by atoms with Gasteiger partial charge >= 0.3 is 0 Å². The average molecular weight is 328 g/mol. The maximum Gasteiger partial charge on any atom is 0.135 e. The number of benzene rings is 2. The number of hydrogen-bond acceptors (Lipinski definition) is 3. The summed E-state index contributed by atoms with van der Waals surface area (Å²) in [5, 5.41) is 1.62. The Bertz CT molecular complexity index is 794. The molecule has 0 aliphatic rings. The Labute approximate surface area is 138 Å². The van der Waals surface area contributed by atoms with Gasteiger partial charge in [-0.05, 0) is 19.1 Å². The van der Waals surface area contributed by atoms with Crippen molar-refractivity contribution in [3.8, 4) is 21.8 Å². The Balaban J connectivity index is 2.09. The molecule has 0 bridgehead atoms. The Morgan fingerprint density at radius 3 is 2.36 bits per heavy atom. The molecule has 1 aromatic heterocycles. The molecule has 3 aromatic rings. The number of Topliss-reactive ketones (excluding diaryl/α,β-unsaturated/α-hetero) is 1. The Morgan fingerprint density at radius 1 is 1.05 bits per heavy atom. The van der Waals surface area contributed by atoms with Crippen molar-refractivity contribution in [1.29, 1.82) is 0 Å². The summed E-state index contributed by atoms with van der Waals surface area (Å²) in [6, 6.07) is 17.6. The van der Waals surface area contributed by atoms with Crippen molar-refractivity contribution in [2.45, 2.75) is 13.3 Å². The number of carbonyl (C=O) groups excluding carboxylic acids is 1. The molecule has 0 fully saturated rings. The molecule has 0 N–H and O–H groups in total. The quantitative estimate of drug-likeness (QED) is 0.654. The van der Waals surface area contributed by atoms with Crippen LogP contribution in [0.4, 0.5) is 0 Å². The number of hydrogen-bond donors (Lipinski definition) is 0. The van der Waals surface area contributed by atoms with Crippen LogP contribution in [-0.2, 0) is 11.2 Å². The molecule has 0 spiro atoms. The van der Waals surface area contributed by atoms with E-state index in [1.54, 1.807) is 18.3 Å². The fourth-order valence-corrected chi connectivity index (χ4v) is 3.52. The topological polar surface area (TPSA) is 30.0 Å². The first-order chi connectivity index (χ1) is 10.6. The number of halogens is 1. The van der Waals surface area contributed by atoms with Crippen molar-refractivity contribution < 1.29 is 4.79 Å². The van der Waals surface area contributed by atoms with E-state index in [2.05, 4.69) is 0 Å². The van der Waals surface area contributed by atoms with Gasteiger partial charge in [0.1, 0.15) is 10.8 Å². The first kappa shape index (κ1) is 14.9. The van der Waals surface area contributed by atoms with Crippen LogP contribution in [-0.4, -0.2) is 10.8 Å². The molecule has 110 valence electrons. The fourth-order valence-electron chi connectivity index (χ4n) is 2.24. The summed E-state index contributed by atoms with van der Waals surface area (Å²) in [6.45, 7) is 1.60. The van der Waals surface area contributed by atoms with Crippen molar-refractivity contribution in [2.75, 3.05) is 0 Å². The molecule has 0 unspecified atom stereocenters. The lowest BCUT2D eigenvalue weighted by molar-refractivity contribution is -0.116. The van der Waals surface area contributed by atoms with Crippen LogP contribution in [0, 0.1) is 0 Å². The standard InChI is InChI=1S/C18H14ClNOS/c1-12(21)11-16-17(13-7-9-15(19)10-8-13)20-18(22-16)14-5-3-2-4-6-14/h2-10H,11H2,1H3. The van der Waals surface area contributed by atoms with E-state index in [1.807, 2.05) is 54.6 Å². The number of ketones is 1. The van der Waals surface area contributed by atoms with E-state index < -0.39 is 0 Å². The number of carbonyl (C=O) groups is 1. The van der Waals surface area contributed by atoms with Crippen molar-refractivity contribution in [1.82, 2.24) is 4.98 Å². The lowest BCUT2D eigenvalue weighted by Gasteiger charge is -2.01. The molecular weight excluding hydrogens is 314 g/mol. The summed E-state index contributed by atoms with van der Waals surface area (Å²) in [6.07, 6.45) is 0.405. The van der Waals surface area contributed by atoms with Gasteiger partial charge in [0.05, 0.1) is 5.69 Å². The van der Waals surface area contributed by atoms with Crippen LogP contribution in [0.5, 0.6) is 0 Å². The van der Waals surface area contributed by atoms with E-state index in [0.717, 1.165) is 26.7 Å². The predicted molar refractivity (Wildman–Crippen MR) is 92.4 cm³/mol. The zero-order valence-electron chi connectivity index (χ0n) is 12.0. The molecule has 0 saturated heterocycles. The number of aromatic nitrogens is 1. The van der Waals surface area contributed by atoms with Gasteiger partial charge in [-0.2, -0.15) is 0 Å². The lowest BCUT2D eigenvalue weighted by atomic mass is 10.1. The zero-order valence-corrected chi connectivity index (χ0v) is 13.6. The second kappa shape index (κ2) is 6.42. The fraction of sp³-hybridized carbons (Fsp3) is 0.111. The molecule has 1 heterocycles. The second-order valence-corrected chi connectivity index (χ2v) is 6.56. The van der Waals surface area contributed by atoms with Gasteiger partial charge in [0.25, 0.3) is 0 Å². The van der Waals surface area contributed by atoms with Crippen molar-refractivity contribution in [3.05, 3.63) is 64.5 Å². The van der Waals surface area contributed by atoms with E-state index in [-0.39, 0.29) is 5.78 Å². The average Bonchev–Trinajstić information content (AvgIpc) is 2.92. The molecule has 0 atom stereocenters. The third kappa shape index (κ3) is 3.26. The zero-order chi connectivity index (χ0) is 15.5. The van der Waals surface area contributed by atoms with Crippen molar-refractivity contribution >= 4 is 28.7 Å². The van der Waals surface area contributed by atoms with E-state index in [4.69, 9.17) is 16.6 Å². The highest BCUT2D eigenvalue weighted by Crippen LogP contribution is 2.34. The number of nitrogens with zero attached hydrogens (tertiary/aromatic N) is 1. The molecule has 0 aliphatic heterocycles. The van der Waals surface area contributed by atoms with Gasteiger partial charge in [0.15, 0.2) is 0 Å². The molecule has 3 rings (SSSR count). The molecule has 0 amide bonds. The van der Waals surface area contributed by atoms with Gasteiger partial charge in [-0.3, -0.25) is 4.79 Å². The minimum absolute atomic E-state index is 0.137. The van der Waals surface area contributed by atoms with Crippen LogP contribution in [0.1, 0.15) is 11.8 Å². The lowest BCUT2D eigenvalue weighted by Crippen LogP contribution is -1.95. The molecule has 0 saturated carbocycles. The van der Waals surface area contributed by atoms with Gasteiger partial charge in [0.2, 0.25) is 0 Å². The van der Waals surface area contributed by atoms with Crippen LogP contribution < -0.4 is 0 Å². The summed E-state index contributed by atoms with van der Waals surface area (Å²) in [5.41, 5.74) is 2.92. The highest BCUT2D eigenvalue weighted by atomic mass is 35.5. The summed E-state index contributed by atoms with van der Waals surface area (Å²) in [7, 11) is 0. The first-order valence-electron chi connectivity index (χ1n) is 6.94. The maximum atomic E-state index is 11.6. The van der Waals surface area contributed by atoms with Crippen LogP contribution in [0.15, 0.2) is 54.6 Å². The van der Waals surface area contributed by atoms with Crippen LogP contribution in [0.3, 0.4) is 0 Å². The summed E-state index contributed by atoms with van der Waals surface area (Å²) in [4.78, 5) is 17.3. The van der Waals surface area contributed by atoms with Gasteiger partial charge in [0, 0.05) is 27.4 Å².